The van der Waals surface area contributed by atoms with Gasteiger partial charge in [-0.2, -0.15) is 4.31 Å². The van der Waals surface area contributed by atoms with Gasteiger partial charge >= 0.3 is 0 Å². The third-order valence-corrected chi connectivity index (χ3v) is 8.27. The molecule has 4 rings (SSSR count). The van der Waals surface area contributed by atoms with E-state index in [0.29, 0.717) is 18.8 Å². The van der Waals surface area contributed by atoms with Crippen LogP contribution in [0.3, 0.4) is 0 Å². The van der Waals surface area contributed by atoms with Crippen LogP contribution in [0.1, 0.15) is 37.8 Å². The standard InChI is InChI=1S/C19H26N4O3S2/c1-15-14-27-19(20-15)17-11-16(28(25,26)23-9-3-2-4-10-23)12-22(17)13-18(24)21-7-5-6-8-21/h11-12,14H,2-10,13H2,1H3. The first-order valence-electron chi connectivity index (χ1n) is 9.86. The van der Waals surface area contributed by atoms with E-state index < -0.39 is 10.0 Å². The Morgan fingerprint density at radius 3 is 2.43 bits per heavy atom. The van der Waals surface area contributed by atoms with Crippen molar-refractivity contribution in [3.8, 4) is 10.7 Å². The molecule has 2 aromatic rings. The van der Waals surface area contributed by atoms with E-state index in [1.54, 1.807) is 21.1 Å². The molecule has 0 N–H and O–H groups in total. The number of carbonyl (C=O) groups is 1. The third-order valence-electron chi connectivity index (χ3n) is 5.43. The lowest BCUT2D eigenvalue weighted by molar-refractivity contribution is -0.130. The monoisotopic (exact) mass is 422 g/mol. The number of rotatable bonds is 5. The van der Waals surface area contributed by atoms with Crippen LogP contribution in [-0.2, 0) is 21.4 Å². The molecule has 0 aromatic carbocycles. The summed E-state index contributed by atoms with van der Waals surface area (Å²) in [6, 6.07) is 1.68. The molecule has 0 radical (unpaired) electrons. The van der Waals surface area contributed by atoms with Gasteiger partial charge < -0.3 is 9.47 Å². The predicted molar refractivity (Wildman–Crippen MR) is 109 cm³/mol. The number of piperidine rings is 1. The second kappa shape index (κ2) is 7.96. The van der Waals surface area contributed by atoms with Crippen LogP contribution in [-0.4, -0.2) is 59.3 Å². The summed E-state index contributed by atoms with van der Waals surface area (Å²) >= 11 is 1.47. The van der Waals surface area contributed by atoms with E-state index in [1.165, 1.54) is 11.3 Å². The van der Waals surface area contributed by atoms with Crippen molar-refractivity contribution in [1.82, 2.24) is 18.8 Å². The van der Waals surface area contributed by atoms with Gasteiger partial charge in [0.25, 0.3) is 0 Å². The largest absolute Gasteiger partial charge is 0.341 e. The summed E-state index contributed by atoms with van der Waals surface area (Å²) < 4.78 is 29.6. The lowest BCUT2D eigenvalue weighted by atomic mass is 10.2. The fourth-order valence-corrected chi connectivity index (χ4v) is 6.26. The molecule has 2 fully saturated rings. The number of aryl methyl sites for hydroxylation is 1. The smallest absolute Gasteiger partial charge is 0.244 e. The zero-order valence-corrected chi connectivity index (χ0v) is 17.8. The molecule has 0 unspecified atom stereocenters. The molecule has 7 nitrogen and oxygen atoms in total. The van der Waals surface area contributed by atoms with Crippen molar-refractivity contribution >= 4 is 27.3 Å². The molecule has 9 heteroatoms. The van der Waals surface area contributed by atoms with Gasteiger partial charge in [0.2, 0.25) is 15.9 Å². The topological polar surface area (TPSA) is 75.5 Å². The SMILES string of the molecule is Cc1csc(-c2cc(S(=O)(=O)N3CCCCC3)cn2CC(=O)N2CCCC2)n1. The number of aromatic nitrogens is 2. The van der Waals surface area contributed by atoms with Gasteiger partial charge in [-0.05, 0) is 38.7 Å². The quantitative estimate of drug-likeness (QED) is 0.742. The van der Waals surface area contributed by atoms with E-state index in [4.69, 9.17) is 0 Å². The van der Waals surface area contributed by atoms with E-state index >= 15 is 0 Å². The highest BCUT2D eigenvalue weighted by molar-refractivity contribution is 7.89. The van der Waals surface area contributed by atoms with Crippen molar-refractivity contribution in [1.29, 1.82) is 0 Å². The normalized spacial score (nSPS) is 18.7. The second-order valence-electron chi connectivity index (χ2n) is 7.54. The van der Waals surface area contributed by atoms with Gasteiger partial charge in [-0.25, -0.2) is 13.4 Å². The van der Waals surface area contributed by atoms with E-state index in [9.17, 15) is 13.2 Å². The van der Waals surface area contributed by atoms with E-state index in [1.807, 2.05) is 17.2 Å². The van der Waals surface area contributed by atoms with Gasteiger partial charge in [-0.15, -0.1) is 11.3 Å². The van der Waals surface area contributed by atoms with Crippen molar-refractivity contribution in [3.63, 3.8) is 0 Å². The van der Waals surface area contributed by atoms with Crippen LogP contribution in [0.5, 0.6) is 0 Å². The molecule has 0 bridgehead atoms. The van der Waals surface area contributed by atoms with Crippen LogP contribution in [0.4, 0.5) is 0 Å². The van der Waals surface area contributed by atoms with Crippen molar-refractivity contribution in [2.24, 2.45) is 0 Å². The van der Waals surface area contributed by atoms with Crippen LogP contribution in [0.15, 0.2) is 22.5 Å². The molecule has 0 atom stereocenters. The van der Waals surface area contributed by atoms with Gasteiger partial charge in [0.15, 0.2) is 0 Å². The number of hydrogen-bond donors (Lipinski definition) is 0. The zero-order valence-electron chi connectivity index (χ0n) is 16.1. The Labute approximate surface area is 170 Å². The minimum Gasteiger partial charge on any atom is -0.341 e. The Morgan fingerprint density at radius 2 is 1.79 bits per heavy atom. The summed E-state index contributed by atoms with van der Waals surface area (Å²) in [7, 11) is -3.56. The number of amides is 1. The zero-order chi connectivity index (χ0) is 19.7. The average Bonchev–Trinajstić information content (AvgIpc) is 3.43. The van der Waals surface area contributed by atoms with Crippen molar-refractivity contribution in [2.45, 2.75) is 50.5 Å². The molecule has 2 aliphatic rings. The summed E-state index contributed by atoms with van der Waals surface area (Å²) in [6.45, 7) is 4.74. The molecule has 152 valence electrons. The molecule has 2 aromatic heterocycles. The highest BCUT2D eigenvalue weighted by atomic mass is 32.2. The van der Waals surface area contributed by atoms with Gasteiger partial charge in [-0.1, -0.05) is 6.42 Å². The Balaban J connectivity index is 1.68. The summed E-state index contributed by atoms with van der Waals surface area (Å²) in [5.41, 5.74) is 1.58. The first-order valence-corrected chi connectivity index (χ1v) is 12.2. The van der Waals surface area contributed by atoms with Crippen LogP contribution in [0, 0.1) is 6.92 Å². The number of hydrogen-bond acceptors (Lipinski definition) is 5. The highest BCUT2D eigenvalue weighted by Gasteiger charge is 2.29. The predicted octanol–water partition coefficient (Wildman–Crippen LogP) is 2.72. The lowest BCUT2D eigenvalue weighted by Gasteiger charge is -2.25. The molecule has 0 saturated carbocycles. The van der Waals surface area contributed by atoms with Crippen LogP contribution < -0.4 is 0 Å². The van der Waals surface area contributed by atoms with Crippen LogP contribution in [0.25, 0.3) is 10.7 Å². The Hall–Kier alpha value is -1.71. The minimum atomic E-state index is -3.56. The number of thiazole rings is 1. The fraction of sp³-hybridized carbons (Fsp3) is 0.579. The second-order valence-corrected chi connectivity index (χ2v) is 10.3. The maximum absolute atomic E-state index is 13.1. The first-order chi connectivity index (χ1) is 13.4. The molecular formula is C19H26N4O3S2. The maximum atomic E-state index is 13.1. The van der Waals surface area contributed by atoms with Crippen molar-refractivity contribution in [2.75, 3.05) is 26.2 Å². The number of sulfonamides is 1. The number of nitrogens with zero attached hydrogens (tertiary/aromatic N) is 4. The molecular weight excluding hydrogens is 396 g/mol. The highest BCUT2D eigenvalue weighted by Crippen LogP contribution is 2.30. The van der Waals surface area contributed by atoms with Crippen molar-refractivity contribution in [3.05, 3.63) is 23.3 Å². The molecule has 28 heavy (non-hydrogen) atoms. The van der Waals surface area contributed by atoms with Crippen molar-refractivity contribution < 1.29 is 13.2 Å². The molecule has 2 aliphatic heterocycles. The van der Waals surface area contributed by atoms with Crippen LogP contribution >= 0.6 is 11.3 Å². The summed E-state index contributed by atoms with van der Waals surface area (Å²) in [6.07, 6.45) is 6.54. The first kappa shape index (κ1) is 19.6. The van der Waals surface area contributed by atoms with Gasteiger partial charge in [0, 0.05) is 43.4 Å². The van der Waals surface area contributed by atoms with E-state index in [-0.39, 0.29) is 17.3 Å². The van der Waals surface area contributed by atoms with Crippen LogP contribution in [0.2, 0.25) is 0 Å². The summed E-state index contributed by atoms with van der Waals surface area (Å²) in [5.74, 6) is 0.0320. The Bertz CT molecular complexity index is 952. The molecule has 4 heterocycles. The van der Waals surface area contributed by atoms with E-state index in [2.05, 4.69) is 4.98 Å². The molecule has 1 amide bonds. The molecule has 0 spiro atoms. The summed E-state index contributed by atoms with van der Waals surface area (Å²) in [4.78, 5) is 19.3. The number of carbonyl (C=O) groups excluding carboxylic acids is 1. The van der Waals surface area contributed by atoms with Gasteiger partial charge in [0.05, 0.1) is 5.69 Å². The minimum absolute atomic E-state index is 0.0320. The lowest BCUT2D eigenvalue weighted by Crippen LogP contribution is -2.35. The fourth-order valence-electron chi connectivity index (χ4n) is 3.87. The molecule has 0 aliphatic carbocycles. The van der Waals surface area contributed by atoms with Gasteiger partial charge in [0.1, 0.15) is 16.4 Å². The average molecular weight is 423 g/mol. The summed E-state index contributed by atoms with van der Waals surface area (Å²) in [5, 5.41) is 2.68. The number of likely N-dealkylation sites (tertiary alicyclic amines) is 1. The molecule has 2 saturated heterocycles. The van der Waals surface area contributed by atoms with E-state index in [0.717, 1.165) is 55.9 Å². The third kappa shape index (κ3) is 3.88. The Morgan fingerprint density at radius 1 is 1.11 bits per heavy atom. The van der Waals surface area contributed by atoms with Gasteiger partial charge in [-0.3, -0.25) is 4.79 Å². The maximum Gasteiger partial charge on any atom is 0.244 e. The Kier molecular flexibility index (Phi) is 5.57.